The number of aromatic nitrogens is 2. The molecule has 1 unspecified atom stereocenters. The van der Waals surface area contributed by atoms with E-state index in [4.69, 9.17) is 4.52 Å². The molecule has 0 aromatic carbocycles. The van der Waals surface area contributed by atoms with E-state index in [-0.39, 0.29) is 12.1 Å². The predicted molar refractivity (Wildman–Crippen MR) is 56.8 cm³/mol. The van der Waals surface area contributed by atoms with Crippen LogP contribution in [0.4, 0.5) is 0 Å². The van der Waals surface area contributed by atoms with Crippen LogP contribution in [0.2, 0.25) is 0 Å². The fourth-order valence-electron chi connectivity index (χ4n) is 2.34. The van der Waals surface area contributed by atoms with E-state index in [1.807, 2.05) is 0 Å². The summed E-state index contributed by atoms with van der Waals surface area (Å²) in [4.78, 5) is 4.43. The molecule has 3 atom stereocenters. The van der Waals surface area contributed by atoms with Crippen molar-refractivity contribution in [2.24, 2.45) is 5.41 Å². The molecule has 0 bridgehead atoms. The normalized spacial score (nSPS) is 36.6. The lowest BCUT2D eigenvalue weighted by Gasteiger charge is -2.01. The molecule has 0 spiro atoms. The fraction of sp³-hybridized carbons (Fsp3) is 0.818. The number of nitrogens with zero attached hydrogens (tertiary/aromatic N) is 2. The van der Waals surface area contributed by atoms with Crippen LogP contribution in [0.1, 0.15) is 50.4 Å². The lowest BCUT2D eigenvalue weighted by molar-refractivity contribution is 0.191. The highest BCUT2D eigenvalue weighted by Gasteiger charge is 2.49. The van der Waals surface area contributed by atoms with Crippen LogP contribution in [0, 0.1) is 5.41 Å². The maximum Gasteiger partial charge on any atom is 0.243 e. The van der Waals surface area contributed by atoms with Gasteiger partial charge in [0.25, 0.3) is 0 Å². The highest BCUT2D eigenvalue weighted by molar-refractivity contribution is 5.15. The van der Waals surface area contributed by atoms with Gasteiger partial charge in [0.1, 0.15) is 0 Å². The fourth-order valence-corrected chi connectivity index (χ4v) is 2.34. The second-order valence-electron chi connectivity index (χ2n) is 5.59. The Kier molecular flexibility index (Phi) is 2.09. The van der Waals surface area contributed by atoms with Gasteiger partial charge in [-0.1, -0.05) is 19.0 Å². The summed E-state index contributed by atoms with van der Waals surface area (Å²) in [6.45, 7) is 5.04. The minimum Gasteiger partial charge on any atom is -0.392 e. The highest BCUT2D eigenvalue weighted by atomic mass is 16.5. The lowest BCUT2D eigenvalue weighted by atomic mass is 10.1. The van der Waals surface area contributed by atoms with E-state index in [0.29, 0.717) is 30.2 Å². The molecule has 1 saturated carbocycles. The van der Waals surface area contributed by atoms with Crippen molar-refractivity contribution in [2.45, 2.75) is 44.8 Å². The largest absolute Gasteiger partial charge is 0.392 e. The first-order valence-electron chi connectivity index (χ1n) is 5.81. The van der Waals surface area contributed by atoms with E-state index in [0.717, 1.165) is 12.2 Å². The summed E-state index contributed by atoms with van der Waals surface area (Å²) in [5.41, 5.74) is 0.323. The van der Waals surface area contributed by atoms with E-state index in [1.165, 1.54) is 0 Å². The topological polar surface area (TPSA) is 71.2 Å². The van der Waals surface area contributed by atoms with E-state index in [1.54, 1.807) is 0 Å². The zero-order valence-corrected chi connectivity index (χ0v) is 9.60. The van der Waals surface area contributed by atoms with Gasteiger partial charge >= 0.3 is 0 Å². The number of aliphatic hydroxyl groups is 1. The first-order valence-corrected chi connectivity index (χ1v) is 5.81. The quantitative estimate of drug-likeness (QED) is 0.782. The van der Waals surface area contributed by atoms with E-state index in [9.17, 15) is 5.11 Å². The molecule has 5 heteroatoms. The summed E-state index contributed by atoms with van der Waals surface area (Å²) in [6.07, 6.45) is 1.50. The average Bonchev–Trinajstić information content (AvgIpc) is 2.67. The Labute approximate surface area is 94.2 Å². The molecule has 16 heavy (non-hydrogen) atoms. The van der Waals surface area contributed by atoms with Gasteiger partial charge in [-0.15, -0.1) is 0 Å². The summed E-state index contributed by atoms with van der Waals surface area (Å²) in [6, 6.07) is 0.0260. The van der Waals surface area contributed by atoms with Gasteiger partial charge in [0.15, 0.2) is 5.82 Å². The van der Waals surface area contributed by atoms with Gasteiger partial charge in [-0.05, 0) is 18.3 Å². The second kappa shape index (κ2) is 3.28. The van der Waals surface area contributed by atoms with Crippen molar-refractivity contribution in [3.8, 4) is 0 Å². The molecular formula is C11H17N3O2. The number of aliphatic hydroxyl groups excluding tert-OH is 1. The van der Waals surface area contributed by atoms with Gasteiger partial charge in [0.05, 0.1) is 12.1 Å². The van der Waals surface area contributed by atoms with Crippen molar-refractivity contribution < 1.29 is 9.63 Å². The van der Waals surface area contributed by atoms with Crippen LogP contribution in [-0.2, 0) is 0 Å². The maximum atomic E-state index is 9.42. The van der Waals surface area contributed by atoms with Gasteiger partial charge in [-0.2, -0.15) is 4.98 Å². The SMILES string of the molecule is CC1(C)CC1c1noc([C@@H]2C[C@@H](O)CN2)n1. The van der Waals surface area contributed by atoms with Crippen molar-refractivity contribution in [3.05, 3.63) is 11.7 Å². The zero-order chi connectivity index (χ0) is 11.3. The Hall–Kier alpha value is -0.940. The minimum absolute atomic E-state index is 0.0260. The minimum atomic E-state index is -0.294. The maximum absolute atomic E-state index is 9.42. The Bertz CT molecular complexity index is 402. The number of hydrogen-bond donors (Lipinski definition) is 2. The lowest BCUT2D eigenvalue weighted by Crippen LogP contribution is -2.15. The molecule has 0 amide bonds. The van der Waals surface area contributed by atoms with Crippen LogP contribution >= 0.6 is 0 Å². The van der Waals surface area contributed by atoms with Crippen LogP contribution in [0.5, 0.6) is 0 Å². The molecule has 2 heterocycles. The Morgan fingerprint density at radius 1 is 1.50 bits per heavy atom. The summed E-state index contributed by atoms with van der Waals surface area (Å²) >= 11 is 0. The van der Waals surface area contributed by atoms with Gasteiger partial charge in [-0.25, -0.2) is 0 Å². The van der Waals surface area contributed by atoms with Gasteiger partial charge in [0, 0.05) is 12.5 Å². The van der Waals surface area contributed by atoms with Gasteiger partial charge < -0.3 is 14.9 Å². The Morgan fingerprint density at radius 3 is 2.81 bits per heavy atom. The third-order valence-electron chi connectivity index (χ3n) is 3.69. The molecule has 1 aliphatic heterocycles. The molecule has 88 valence electrons. The third kappa shape index (κ3) is 1.64. The van der Waals surface area contributed by atoms with E-state index >= 15 is 0 Å². The van der Waals surface area contributed by atoms with Gasteiger partial charge in [-0.3, -0.25) is 0 Å². The zero-order valence-electron chi connectivity index (χ0n) is 9.60. The number of β-amino-alcohol motifs (C(OH)–C–C–N with tert-alkyl or cyclic N) is 1. The first kappa shape index (κ1) is 10.2. The monoisotopic (exact) mass is 223 g/mol. The van der Waals surface area contributed by atoms with Crippen LogP contribution in [0.15, 0.2) is 4.52 Å². The molecule has 1 aliphatic carbocycles. The molecule has 1 saturated heterocycles. The molecule has 1 aromatic rings. The molecule has 2 fully saturated rings. The third-order valence-corrected chi connectivity index (χ3v) is 3.69. The second-order valence-corrected chi connectivity index (χ2v) is 5.59. The summed E-state index contributed by atoms with van der Waals surface area (Å²) in [7, 11) is 0. The number of rotatable bonds is 2. The highest BCUT2D eigenvalue weighted by Crippen LogP contribution is 2.57. The first-order chi connectivity index (χ1) is 7.56. The van der Waals surface area contributed by atoms with Crippen LogP contribution in [0.3, 0.4) is 0 Å². The van der Waals surface area contributed by atoms with Crippen LogP contribution in [0.25, 0.3) is 0 Å². The van der Waals surface area contributed by atoms with Crippen LogP contribution < -0.4 is 5.32 Å². The molecular weight excluding hydrogens is 206 g/mol. The number of hydrogen-bond acceptors (Lipinski definition) is 5. The summed E-state index contributed by atoms with van der Waals surface area (Å²) in [5.74, 6) is 1.88. The van der Waals surface area contributed by atoms with Crippen LogP contribution in [-0.4, -0.2) is 27.9 Å². The van der Waals surface area contributed by atoms with Crippen molar-refractivity contribution in [1.29, 1.82) is 0 Å². The Balaban J connectivity index is 1.74. The van der Waals surface area contributed by atoms with Crippen molar-refractivity contribution in [1.82, 2.24) is 15.5 Å². The van der Waals surface area contributed by atoms with E-state index < -0.39 is 0 Å². The van der Waals surface area contributed by atoms with Gasteiger partial charge in [0.2, 0.25) is 5.89 Å². The molecule has 0 radical (unpaired) electrons. The van der Waals surface area contributed by atoms with E-state index in [2.05, 4.69) is 29.3 Å². The standard InChI is InChI=1S/C11H17N3O2/c1-11(2)4-7(11)9-13-10(16-14-9)8-3-6(15)5-12-8/h6-8,12,15H,3-5H2,1-2H3/t6-,7?,8+/m1/s1. The molecule has 5 nitrogen and oxygen atoms in total. The summed E-state index contributed by atoms with van der Waals surface area (Å²) in [5, 5.41) is 16.6. The van der Waals surface area contributed by atoms with Crippen molar-refractivity contribution >= 4 is 0 Å². The van der Waals surface area contributed by atoms with Crippen molar-refractivity contribution in [2.75, 3.05) is 6.54 Å². The molecule has 2 N–H and O–H groups in total. The molecule has 1 aromatic heterocycles. The molecule has 3 rings (SSSR count). The predicted octanol–water partition coefficient (Wildman–Crippen LogP) is 0.978. The van der Waals surface area contributed by atoms with Crippen molar-refractivity contribution in [3.63, 3.8) is 0 Å². The molecule has 2 aliphatic rings. The smallest absolute Gasteiger partial charge is 0.243 e. The number of nitrogens with one attached hydrogen (secondary N) is 1. The summed E-state index contributed by atoms with van der Waals surface area (Å²) < 4.78 is 5.26. The average molecular weight is 223 g/mol. The Morgan fingerprint density at radius 2 is 2.25 bits per heavy atom.